The molecule has 0 atom stereocenters. The standard InChI is InChI=1S/C13H14N6/c1-9-5-3-4-6-10(9)7-19-13-11(17-18-19)12(14-2)15-8-16-13/h3-6,8H,7H2,1-2H3,(H,14,15,16). The molecule has 0 saturated heterocycles. The molecule has 6 heteroatoms. The molecule has 0 aliphatic rings. The van der Waals surface area contributed by atoms with Crippen molar-refractivity contribution in [1.29, 1.82) is 0 Å². The SMILES string of the molecule is CNc1ncnc2c1nnn2Cc1ccccc1C. The lowest BCUT2D eigenvalue weighted by atomic mass is 10.1. The summed E-state index contributed by atoms with van der Waals surface area (Å²) in [7, 11) is 1.81. The second-order valence-corrected chi connectivity index (χ2v) is 4.32. The zero-order valence-corrected chi connectivity index (χ0v) is 10.8. The van der Waals surface area contributed by atoms with Crippen molar-refractivity contribution in [2.45, 2.75) is 13.5 Å². The lowest BCUT2D eigenvalue weighted by Gasteiger charge is -2.05. The minimum Gasteiger partial charge on any atom is -0.371 e. The molecule has 0 unspecified atom stereocenters. The Morgan fingerprint density at radius 3 is 2.84 bits per heavy atom. The van der Waals surface area contributed by atoms with E-state index in [1.54, 1.807) is 4.68 Å². The zero-order valence-electron chi connectivity index (χ0n) is 10.8. The molecule has 0 radical (unpaired) electrons. The fourth-order valence-electron chi connectivity index (χ4n) is 2.03. The summed E-state index contributed by atoms with van der Waals surface area (Å²) in [6, 6.07) is 8.22. The fraction of sp³-hybridized carbons (Fsp3) is 0.231. The van der Waals surface area contributed by atoms with Crippen LogP contribution in [0.4, 0.5) is 5.82 Å². The van der Waals surface area contributed by atoms with Crippen LogP contribution < -0.4 is 5.32 Å². The molecule has 19 heavy (non-hydrogen) atoms. The van der Waals surface area contributed by atoms with Crippen LogP contribution >= 0.6 is 0 Å². The molecule has 0 saturated carbocycles. The summed E-state index contributed by atoms with van der Waals surface area (Å²) in [6.07, 6.45) is 1.52. The maximum atomic E-state index is 4.26. The highest BCUT2D eigenvalue weighted by atomic mass is 15.4. The van der Waals surface area contributed by atoms with Gasteiger partial charge in [-0.15, -0.1) is 5.10 Å². The number of hydrogen-bond donors (Lipinski definition) is 1. The Morgan fingerprint density at radius 1 is 1.21 bits per heavy atom. The topological polar surface area (TPSA) is 68.5 Å². The largest absolute Gasteiger partial charge is 0.371 e. The van der Waals surface area contributed by atoms with Gasteiger partial charge in [0.15, 0.2) is 17.0 Å². The van der Waals surface area contributed by atoms with Crippen LogP contribution in [0.25, 0.3) is 11.2 Å². The number of nitrogens with one attached hydrogen (secondary N) is 1. The van der Waals surface area contributed by atoms with E-state index in [4.69, 9.17) is 0 Å². The van der Waals surface area contributed by atoms with Crippen LogP contribution in [0.2, 0.25) is 0 Å². The fourth-order valence-corrected chi connectivity index (χ4v) is 2.03. The third-order valence-electron chi connectivity index (χ3n) is 3.12. The van der Waals surface area contributed by atoms with Gasteiger partial charge in [0.25, 0.3) is 0 Å². The highest BCUT2D eigenvalue weighted by Crippen LogP contribution is 2.17. The van der Waals surface area contributed by atoms with Crippen molar-refractivity contribution in [1.82, 2.24) is 25.0 Å². The molecule has 2 heterocycles. The number of anilines is 1. The minimum absolute atomic E-state index is 0.656. The van der Waals surface area contributed by atoms with Gasteiger partial charge in [0.2, 0.25) is 0 Å². The molecule has 0 aliphatic heterocycles. The minimum atomic E-state index is 0.656. The van der Waals surface area contributed by atoms with E-state index in [0.717, 1.165) is 5.65 Å². The van der Waals surface area contributed by atoms with E-state index in [1.165, 1.54) is 17.5 Å². The van der Waals surface area contributed by atoms with Crippen LogP contribution in [-0.2, 0) is 6.54 Å². The van der Waals surface area contributed by atoms with Crippen LogP contribution in [0.15, 0.2) is 30.6 Å². The number of rotatable bonds is 3. The molecule has 0 amide bonds. The van der Waals surface area contributed by atoms with E-state index in [9.17, 15) is 0 Å². The first-order valence-electron chi connectivity index (χ1n) is 6.06. The second-order valence-electron chi connectivity index (χ2n) is 4.32. The van der Waals surface area contributed by atoms with Crippen molar-refractivity contribution in [2.24, 2.45) is 0 Å². The van der Waals surface area contributed by atoms with Gasteiger partial charge >= 0.3 is 0 Å². The monoisotopic (exact) mass is 254 g/mol. The zero-order chi connectivity index (χ0) is 13.2. The summed E-state index contributed by atoms with van der Waals surface area (Å²) in [4.78, 5) is 8.39. The number of nitrogens with zero attached hydrogens (tertiary/aromatic N) is 5. The van der Waals surface area contributed by atoms with Gasteiger partial charge < -0.3 is 5.32 Å². The Bertz CT molecular complexity index is 718. The summed E-state index contributed by atoms with van der Waals surface area (Å²) in [5, 5.41) is 11.3. The third kappa shape index (κ3) is 2.01. The maximum Gasteiger partial charge on any atom is 0.184 e. The Labute approximate surface area is 110 Å². The first-order chi connectivity index (χ1) is 9.29. The molecule has 6 nitrogen and oxygen atoms in total. The molecular weight excluding hydrogens is 240 g/mol. The summed E-state index contributed by atoms with van der Waals surface area (Å²) in [6.45, 7) is 2.74. The van der Waals surface area contributed by atoms with Gasteiger partial charge in [-0.25, -0.2) is 14.6 Å². The van der Waals surface area contributed by atoms with Crippen LogP contribution in [0.5, 0.6) is 0 Å². The first kappa shape index (κ1) is 11.6. The molecule has 1 N–H and O–H groups in total. The Balaban J connectivity index is 2.05. The summed E-state index contributed by atoms with van der Waals surface area (Å²) >= 11 is 0. The molecular formula is C13H14N6. The van der Waals surface area contributed by atoms with E-state index in [2.05, 4.69) is 44.7 Å². The van der Waals surface area contributed by atoms with Crippen molar-refractivity contribution in [3.63, 3.8) is 0 Å². The summed E-state index contributed by atoms with van der Waals surface area (Å²) in [5.74, 6) is 0.695. The summed E-state index contributed by atoms with van der Waals surface area (Å²) in [5.41, 5.74) is 3.87. The normalized spacial score (nSPS) is 10.8. The quantitative estimate of drug-likeness (QED) is 0.769. The number of aromatic nitrogens is 5. The maximum absolute atomic E-state index is 4.26. The Kier molecular flexibility index (Phi) is 2.83. The molecule has 3 aromatic rings. The van der Waals surface area contributed by atoms with Crippen molar-refractivity contribution in [3.8, 4) is 0 Å². The first-order valence-corrected chi connectivity index (χ1v) is 6.06. The van der Waals surface area contributed by atoms with Crippen LogP contribution in [0.3, 0.4) is 0 Å². The van der Waals surface area contributed by atoms with Gasteiger partial charge in [-0.1, -0.05) is 29.5 Å². The van der Waals surface area contributed by atoms with E-state index >= 15 is 0 Å². The Morgan fingerprint density at radius 2 is 2.05 bits per heavy atom. The molecule has 0 aliphatic carbocycles. The van der Waals surface area contributed by atoms with Crippen LogP contribution in [0.1, 0.15) is 11.1 Å². The molecule has 0 bridgehead atoms. The smallest absolute Gasteiger partial charge is 0.184 e. The van der Waals surface area contributed by atoms with Crippen molar-refractivity contribution < 1.29 is 0 Å². The van der Waals surface area contributed by atoms with Crippen LogP contribution in [0, 0.1) is 6.92 Å². The number of fused-ring (bicyclic) bond motifs is 1. The lowest BCUT2D eigenvalue weighted by molar-refractivity contribution is 0.661. The van der Waals surface area contributed by atoms with Crippen molar-refractivity contribution in [3.05, 3.63) is 41.7 Å². The second kappa shape index (κ2) is 4.64. The molecule has 3 rings (SSSR count). The van der Waals surface area contributed by atoms with Crippen molar-refractivity contribution >= 4 is 17.0 Å². The predicted molar refractivity (Wildman–Crippen MR) is 72.9 cm³/mol. The molecule has 1 aromatic carbocycles. The average molecular weight is 254 g/mol. The van der Waals surface area contributed by atoms with Gasteiger partial charge in [0, 0.05) is 7.05 Å². The molecule has 96 valence electrons. The van der Waals surface area contributed by atoms with E-state index in [-0.39, 0.29) is 0 Å². The number of hydrogen-bond acceptors (Lipinski definition) is 5. The van der Waals surface area contributed by atoms with E-state index in [1.807, 2.05) is 19.2 Å². The van der Waals surface area contributed by atoms with E-state index < -0.39 is 0 Å². The predicted octanol–water partition coefficient (Wildman–Crippen LogP) is 1.62. The van der Waals surface area contributed by atoms with Gasteiger partial charge in [0.05, 0.1) is 6.54 Å². The van der Waals surface area contributed by atoms with Gasteiger partial charge in [-0.05, 0) is 18.1 Å². The molecule has 0 spiro atoms. The highest BCUT2D eigenvalue weighted by molar-refractivity contribution is 5.81. The summed E-state index contributed by atoms with van der Waals surface area (Å²) < 4.78 is 1.79. The number of benzene rings is 1. The van der Waals surface area contributed by atoms with Gasteiger partial charge in [-0.2, -0.15) is 0 Å². The third-order valence-corrected chi connectivity index (χ3v) is 3.12. The lowest BCUT2D eigenvalue weighted by Crippen LogP contribution is -2.04. The van der Waals surface area contributed by atoms with Crippen molar-refractivity contribution in [2.75, 3.05) is 12.4 Å². The Hall–Kier alpha value is -2.50. The van der Waals surface area contributed by atoms with Gasteiger partial charge in [-0.3, -0.25) is 0 Å². The highest BCUT2D eigenvalue weighted by Gasteiger charge is 2.11. The van der Waals surface area contributed by atoms with Crippen LogP contribution in [-0.4, -0.2) is 32.0 Å². The van der Waals surface area contributed by atoms with E-state index in [0.29, 0.717) is 17.9 Å². The average Bonchev–Trinajstić information content (AvgIpc) is 2.84. The molecule has 0 fully saturated rings. The number of aryl methyl sites for hydroxylation is 1. The van der Waals surface area contributed by atoms with Gasteiger partial charge in [0.1, 0.15) is 6.33 Å². The molecule has 2 aromatic heterocycles.